The Labute approximate surface area is 108 Å². The van der Waals surface area contributed by atoms with Crippen molar-refractivity contribution in [3.05, 3.63) is 42.3 Å². The first-order valence-electron chi connectivity index (χ1n) is 5.66. The maximum absolute atomic E-state index is 12.0. The van der Waals surface area contributed by atoms with Gasteiger partial charge < -0.3 is 19.6 Å². The van der Waals surface area contributed by atoms with Crippen molar-refractivity contribution in [2.24, 2.45) is 0 Å². The van der Waals surface area contributed by atoms with Gasteiger partial charge in [-0.1, -0.05) is 18.2 Å². The summed E-state index contributed by atoms with van der Waals surface area (Å²) in [6.07, 6.45) is 1.73. The molecule has 1 aromatic carbocycles. The summed E-state index contributed by atoms with van der Waals surface area (Å²) in [4.78, 5) is 15.0. The number of hydrogen-bond acceptors (Lipinski definition) is 4. The Kier molecular flexibility index (Phi) is 2.68. The highest BCUT2D eigenvalue weighted by Gasteiger charge is 2.15. The lowest BCUT2D eigenvalue weighted by atomic mass is 10.2. The highest BCUT2D eigenvalue weighted by Crippen LogP contribution is 2.23. The summed E-state index contributed by atoms with van der Waals surface area (Å²) in [6, 6.07) is 9.12. The van der Waals surface area contributed by atoms with Crippen LogP contribution in [0.3, 0.4) is 0 Å². The van der Waals surface area contributed by atoms with E-state index in [0.717, 1.165) is 10.9 Å². The second kappa shape index (κ2) is 4.49. The second-order valence-corrected chi connectivity index (χ2v) is 3.94. The Bertz CT molecular complexity index is 729. The number of anilines is 1. The lowest BCUT2D eigenvalue weighted by Gasteiger charge is -1.99. The molecule has 6 heteroatoms. The number of rotatable bonds is 3. The van der Waals surface area contributed by atoms with E-state index in [1.54, 1.807) is 6.20 Å². The van der Waals surface area contributed by atoms with Crippen LogP contribution in [0.25, 0.3) is 10.9 Å². The SMILES string of the molecule is COc1cc(C(=O)Nc2c[nH]c3ccccc23)on1. The van der Waals surface area contributed by atoms with Gasteiger partial charge in [0.2, 0.25) is 5.76 Å². The van der Waals surface area contributed by atoms with E-state index in [4.69, 9.17) is 9.26 Å². The van der Waals surface area contributed by atoms with Crippen LogP contribution in [0, 0.1) is 0 Å². The van der Waals surface area contributed by atoms with Crippen molar-refractivity contribution < 1.29 is 14.1 Å². The van der Waals surface area contributed by atoms with E-state index in [0.29, 0.717) is 5.69 Å². The standard InChI is InChI=1S/C13H11N3O3/c1-18-12-6-11(19-16-12)13(17)15-10-7-14-9-5-3-2-4-8(9)10/h2-7,14H,1H3,(H,15,17). The minimum Gasteiger partial charge on any atom is -0.479 e. The number of methoxy groups -OCH3 is 1. The number of fused-ring (bicyclic) bond motifs is 1. The molecule has 2 aromatic heterocycles. The van der Waals surface area contributed by atoms with Gasteiger partial charge in [-0.15, -0.1) is 0 Å². The predicted octanol–water partition coefficient (Wildman–Crippen LogP) is 2.42. The van der Waals surface area contributed by atoms with Gasteiger partial charge in [0.1, 0.15) is 0 Å². The molecule has 3 rings (SSSR count). The number of nitrogens with zero attached hydrogens (tertiary/aromatic N) is 1. The van der Waals surface area contributed by atoms with Crippen molar-refractivity contribution in [3.8, 4) is 5.88 Å². The van der Waals surface area contributed by atoms with Crippen LogP contribution >= 0.6 is 0 Å². The van der Waals surface area contributed by atoms with Crippen LogP contribution in [0.4, 0.5) is 5.69 Å². The number of benzene rings is 1. The molecule has 0 aliphatic carbocycles. The van der Waals surface area contributed by atoms with Gasteiger partial charge in [0.15, 0.2) is 0 Å². The quantitative estimate of drug-likeness (QED) is 0.755. The van der Waals surface area contributed by atoms with Crippen LogP contribution in [0.1, 0.15) is 10.6 Å². The maximum Gasteiger partial charge on any atom is 0.294 e. The average Bonchev–Trinajstić information content (AvgIpc) is 3.06. The summed E-state index contributed by atoms with van der Waals surface area (Å²) in [5.41, 5.74) is 1.64. The first kappa shape index (κ1) is 11.3. The fourth-order valence-corrected chi connectivity index (χ4v) is 1.82. The van der Waals surface area contributed by atoms with E-state index < -0.39 is 0 Å². The van der Waals surface area contributed by atoms with Crippen molar-refractivity contribution in [1.29, 1.82) is 0 Å². The Hall–Kier alpha value is -2.76. The Morgan fingerprint density at radius 2 is 2.26 bits per heavy atom. The van der Waals surface area contributed by atoms with Crippen LogP contribution in [0.2, 0.25) is 0 Å². The van der Waals surface area contributed by atoms with E-state index in [-0.39, 0.29) is 17.5 Å². The summed E-state index contributed by atoms with van der Waals surface area (Å²) in [7, 11) is 1.46. The number of ether oxygens (including phenoxy) is 1. The molecule has 0 atom stereocenters. The molecule has 0 radical (unpaired) electrons. The zero-order valence-corrected chi connectivity index (χ0v) is 10.1. The van der Waals surface area contributed by atoms with Crippen molar-refractivity contribution in [2.45, 2.75) is 0 Å². The van der Waals surface area contributed by atoms with Gasteiger partial charge in [-0.25, -0.2) is 0 Å². The Morgan fingerprint density at radius 1 is 1.42 bits per heavy atom. The molecular weight excluding hydrogens is 246 g/mol. The van der Waals surface area contributed by atoms with Crippen LogP contribution in [-0.2, 0) is 0 Å². The number of aromatic amines is 1. The number of para-hydroxylation sites is 1. The van der Waals surface area contributed by atoms with Gasteiger partial charge in [0, 0.05) is 17.1 Å². The Morgan fingerprint density at radius 3 is 3.05 bits per heavy atom. The number of amides is 1. The molecule has 0 aliphatic rings. The average molecular weight is 257 g/mol. The molecule has 0 unspecified atom stereocenters. The summed E-state index contributed by atoms with van der Waals surface area (Å²) in [6.45, 7) is 0. The summed E-state index contributed by atoms with van der Waals surface area (Å²) < 4.78 is 9.74. The van der Waals surface area contributed by atoms with Crippen LogP contribution in [-0.4, -0.2) is 23.2 Å². The van der Waals surface area contributed by atoms with E-state index in [2.05, 4.69) is 15.5 Å². The van der Waals surface area contributed by atoms with E-state index in [9.17, 15) is 4.79 Å². The molecule has 2 N–H and O–H groups in total. The number of aromatic nitrogens is 2. The van der Waals surface area contributed by atoms with Gasteiger partial charge in [0.05, 0.1) is 18.9 Å². The van der Waals surface area contributed by atoms with E-state index in [1.807, 2.05) is 24.3 Å². The van der Waals surface area contributed by atoms with Gasteiger partial charge in [-0.3, -0.25) is 4.79 Å². The molecule has 0 saturated carbocycles. The molecule has 0 bridgehead atoms. The number of carbonyl (C=O) groups is 1. The molecule has 0 fully saturated rings. The predicted molar refractivity (Wildman–Crippen MR) is 69.3 cm³/mol. The van der Waals surface area contributed by atoms with Crippen molar-refractivity contribution in [2.75, 3.05) is 12.4 Å². The van der Waals surface area contributed by atoms with Crippen LogP contribution < -0.4 is 10.1 Å². The zero-order chi connectivity index (χ0) is 13.2. The molecule has 96 valence electrons. The van der Waals surface area contributed by atoms with E-state index >= 15 is 0 Å². The van der Waals surface area contributed by atoms with E-state index in [1.165, 1.54) is 13.2 Å². The van der Waals surface area contributed by atoms with Crippen LogP contribution in [0.15, 0.2) is 41.1 Å². The zero-order valence-electron chi connectivity index (χ0n) is 10.1. The lowest BCUT2D eigenvalue weighted by Crippen LogP contribution is -2.10. The van der Waals surface area contributed by atoms with Gasteiger partial charge >= 0.3 is 0 Å². The minimum absolute atomic E-state index is 0.0992. The number of hydrogen-bond donors (Lipinski definition) is 2. The molecular formula is C13H11N3O3. The third-order valence-electron chi connectivity index (χ3n) is 2.76. The molecule has 19 heavy (non-hydrogen) atoms. The fraction of sp³-hybridized carbons (Fsp3) is 0.0769. The molecule has 2 heterocycles. The minimum atomic E-state index is -0.374. The summed E-state index contributed by atoms with van der Waals surface area (Å²) in [5, 5.41) is 7.27. The van der Waals surface area contributed by atoms with Gasteiger partial charge in [-0.2, -0.15) is 0 Å². The van der Waals surface area contributed by atoms with Gasteiger partial charge in [-0.05, 0) is 11.2 Å². The lowest BCUT2D eigenvalue weighted by molar-refractivity contribution is 0.0987. The molecule has 0 saturated heterocycles. The van der Waals surface area contributed by atoms with Gasteiger partial charge in [0.25, 0.3) is 11.8 Å². The topological polar surface area (TPSA) is 80.1 Å². The smallest absolute Gasteiger partial charge is 0.294 e. The molecule has 3 aromatic rings. The molecule has 0 aliphatic heterocycles. The number of carbonyl (C=O) groups excluding carboxylic acids is 1. The van der Waals surface area contributed by atoms with Crippen molar-refractivity contribution in [1.82, 2.24) is 10.1 Å². The summed E-state index contributed by atoms with van der Waals surface area (Å²) >= 11 is 0. The second-order valence-electron chi connectivity index (χ2n) is 3.94. The van der Waals surface area contributed by atoms with Crippen molar-refractivity contribution in [3.63, 3.8) is 0 Å². The third kappa shape index (κ3) is 2.03. The maximum atomic E-state index is 12.0. The largest absolute Gasteiger partial charge is 0.479 e. The highest BCUT2D eigenvalue weighted by atomic mass is 16.5. The monoisotopic (exact) mass is 257 g/mol. The highest BCUT2D eigenvalue weighted by molar-refractivity contribution is 6.07. The molecule has 1 amide bonds. The number of nitrogens with one attached hydrogen (secondary N) is 2. The third-order valence-corrected chi connectivity index (χ3v) is 2.76. The Balaban J connectivity index is 1.86. The normalized spacial score (nSPS) is 10.6. The number of H-pyrrole nitrogens is 1. The summed E-state index contributed by atoms with van der Waals surface area (Å²) in [5.74, 6) is -0.00763. The van der Waals surface area contributed by atoms with Crippen LogP contribution in [0.5, 0.6) is 5.88 Å². The first-order valence-corrected chi connectivity index (χ1v) is 5.66. The molecule has 0 spiro atoms. The molecule has 6 nitrogen and oxygen atoms in total. The fourth-order valence-electron chi connectivity index (χ4n) is 1.82. The van der Waals surface area contributed by atoms with Crippen molar-refractivity contribution >= 4 is 22.5 Å². The first-order chi connectivity index (χ1) is 9.28.